The molecule has 0 atom stereocenters. The van der Waals surface area contributed by atoms with Gasteiger partial charge in [0.1, 0.15) is 16.8 Å². The van der Waals surface area contributed by atoms with Gasteiger partial charge in [0.25, 0.3) is 0 Å². The molecule has 0 bridgehead atoms. The molecule has 0 saturated carbocycles. The van der Waals surface area contributed by atoms with Crippen LogP contribution in [0.2, 0.25) is 0 Å². The number of hydrogen-bond donors (Lipinski definition) is 1. The van der Waals surface area contributed by atoms with Gasteiger partial charge >= 0.3 is 0 Å². The molecular weight excluding hydrogens is 325 g/mol. The van der Waals surface area contributed by atoms with E-state index in [1.165, 1.54) is 4.88 Å². The van der Waals surface area contributed by atoms with Crippen molar-refractivity contribution in [2.24, 2.45) is 7.05 Å². The fourth-order valence-electron chi connectivity index (χ4n) is 3.16. The lowest BCUT2D eigenvalue weighted by Crippen LogP contribution is -2.33. The van der Waals surface area contributed by atoms with Crippen LogP contribution < -0.4 is 5.73 Å². The average molecular weight is 345 g/mol. The number of nitrogens with two attached hydrogens (primary N) is 1. The van der Waals surface area contributed by atoms with Crippen molar-refractivity contribution < 1.29 is 4.39 Å². The number of nitrogens with zero attached hydrogens (tertiary/aromatic N) is 4. The molecule has 2 N–H and O–H groups in total. The molecule has 4 heterocycles. The summed E-state index contributed by atoms with van der Waals surface area (Å²) in [6.45, 7) is 2.45. The molecule has 3 aromatic rings. The predicted molar refractivity (Wildman–Crippen MR) is 95.6 cm³/mol. The lowest BCUT2D eigenvalue weighted by Gasteiger charge is -2.27. The van der Waals surface area contributed by atoms with Crippen molar-refractivity contribution in [1.29, 1.82) is 0 Å². The second-order valence-corrected chi connectivity index (χ2v) is 7.43. The number of likely N-dealkylation sites (tertiary alicyclic amines) is 1. The normalized spacial score (nSPS) is 16.9. The third-order valence-corrected chi connectivity index (χ3v) is 5.56. The SMILES string of the molecule is Cn1cccc1-c1nc(N)c2cc(CN3CCC(F)CC3)sc2n1. The first-order chi connectivity index (χ1) is 11.6. The van der Waals surface area contributed by atoms with Crippen LogP contribution in [0.5, 0.6) is 0 Å². The zero-order valence-corrected chi connectivity index (χ0v) is 14.4. The molecule has 0 aliphatic carbocycles. The minimum Gasteiger partial charge on any atom is -0.383 e. The van der Waals surface area contributed by atoms with Crippen molar-refractivity contribution in [3.8, 4) is 11.5 Å². The monoisotopic (exact) mass is 345 g/mol. The fraction of sp³-hybridized carbons (Fsp3) is 0.412. The highest BCUT2D eigenvalue weighted by Crippen LogP contribution is 2.31. The fourth-order valence-corrected chi connectivity index (χ4v) is 4.24. The number of fused-ring (bicyclic) bond motifs is 1. The smallest absolute Gasteiger partial charge is 0.179 e. The van der Waals surface area contributed by atoms with Crippen molar-refractivity contribution in [2.45, 2.75) is 25.6 Å². The van der Waals surface area contributed by atoms with Gasteiger partial charge in [-0.25, -0.2) is 14.4 Å². The Bertz CT molecular complexity index is 863. The Morgan fingerprint density at radius 1 is 1.33 bits per heavy atom. The molecule has 5 nitrogen and oxygen atoms in total. The molecule has 126 valence electrons. The highest BCUT2D eigenvalue weighted by Gasteiger charge is 2.20. The molecule has 1 aliphatic rings. The number of thiophene rings is 1. The Labute approximate surface area is 143 Å². The van der Waals surface area contributed by atoms with Crippen LogP contribution in [0.3, 0.4) is 0 Å². The average Bonchev–Trinajstić information content (AvgIpc) is 3.15. The van der Waals surface area contributed by atoms with E-state index in [9.17, 15) is 4.39 Å². The lowest BCUT2D eigenvalue weighted by molar-refractivity contribution is 0.146. The van der Waals surface area contributed by atoms with E-state index in [-0.39, 0.29) is 0 Å². The minimum atomic E-state index is -0.641. The van der Waals surface area contributed by atoms with Crippen LogP contribution in [0, 0.1) is 0 Å². The van der Waals surface area contributed by atoms with Gasteiger partial charge in [-0.3, -0.25) is 4.90 Å². The molecule has 4 rings (SSSR count). The van der Waals surface area contributed by atoms with Gasteiger partial charge in [0.2, 0.25) is 0 Å². The maximum absolute atomic E-state index is 13.3. The van der Waals surface area contributed by atoms with Gasteiger partial charge in [0.05, 0.1) is 11.1 Å². The predicted octanol–water partition coefficient (Wildman–Crippen LogP) is 3.21. The van der Waals surface area contributed by atoms with E-state index < -0.39 is 6.17 Å². The summed E-state index contributed by atoms with van der Waals surface area (Å²) in [7, 11) is 1.97. The number of halogens is 1. The van der Waals surface area contributed by atoms with Gasteiger partial charge < -0.3 is 10.3 Å². The van der Waals surface area contributed by atoms with Crippen molar-refractivity contribution >= 4 is 27.4 Å². The molecule has 1 aliphatic heterocycles. The summed E-state index contributed by atoms with van der Waals surface area (Å²) in [5.74, 6) is 1.17. The number of anilines is 1. The Balaban J connectivity index is 1.63. The number of aromatic nitrogens is 3. The summed E-state index contributed by atoms with van der Waals surface area (Å²) in [5.41, 5.74) is 7.11. The molecule has 0 radical (unpaired) electrons. The number of aryl methyl sites for hydroxylation is 1. The molecule has 0 unspecified atom stereocenters. The topological polar surface area (TPSA) is 60.0 Å². The maximum atomic E-state index is 13.3. The van der Waals surface area contributed by atoms with Crippen LogP contribution in [0.25, 0.3) is 21.7 Å². The Morgan fingerprint density at radius 3 is 2.83 bits per heavy atom. The molecule has 24 heavy (non-hydrogen) atoms. The number of piperidine rings is 1. The van der Waals surface area contributed by atoms with Crippen molar-refractivity contribution in [2.75, 3.05) is 18.8 Å². The third-order valence-electron chi connectivity index (χ3n) is 4.54. The summed E-state index contributed by atoms with van der Waals surface area (Å²) < 4.78 is 15.2. The molecular formula is C17H20FN5S. The number of rotatable bonds is 3. The van der Waals surface area contributed by atoms with Crippen molar-refractivity contribution in [3.05, 3.63) is 29.3 Å². The van der Waals surface area contributed by atoms with Crippen molar-refractivity contribution in [1.82, 2.24) is 19.4 Å². The summed E-state index contributed by atoms with van der Waals surface area (Å²) >= 11 is 1.65. The van der Waals surface area contributed by atoms with E-state index in [1.807, 2.05) is 29.9 Å². The van der Waals surface area contributed by atoms with Crippen LogP contribution in [0.15, 0.2) is 24.4 Å². The highest BCUT2D eigenvalue weighted by molar-refractivity contribution is 7.18. The molecule has 7 heteroatoms. The van der Waals surface area contributed by atoms with Crippen LogP contribution in [-0.4, -0.2) is 38.7 Å². The quantitative estimate of drug-likeness (QED) is 0.792. The summed E-state index contributed by atoms with van der Waals surface area (Å²) in [4.78, 5) is 13.6. The van der Waals surface area contributed by atoms with E-state index >= 15 is 0 Å². The van der Waals surface area contributed by atoms with Gasteiger partial charge in [-0.1, -0.05) is 0 Å². The number of nitrogen functional groups attached to an aromatic ring is 1. The maximum Gasteiger partial charge on any atom is 0.179 e. The molecule has 1 saturated heterocycles. The molecule has 0 spiro atoms. The summed E-state index contributed by atoms with van der Waals surface area (Å²) in [6, 6.07) is 6.02. The third kappa shape index (κ3) is 2.89. The van der Waals surface area contributed by atoms with E-state index in [2.05, 4.69) is 16.0 Å². The van der Waals surface area contributed by atoms with E-state index in [4.69, 9.17) is 10.7 Å². The lowest BCUT2D eigenvalue weighted by atomic mass is 10.1. The van der Waals surface area contributed by atoms with Crippen LogP contribution >= 0.6 is 11.3 Å². The van der Waals surface area contributed by atoms with E-state index in [1.54, 1.807) is 11.3 Å². The van der Waals surface area contributed by atoms with E-state index in [0.717, 1.165) is 35.5 Å². The van der Waals surface area contributed by atoms with Gasteiger partial charge in [-0.2, -0.15) is 0 Å². The van der Waals surface area contributed by atoms with Crippen LogP contribution in [-0.2, 0) is 13.6 Å². The largest absolute Gasteiger partial charge is 0.383 e. The number of alkyl halides is 1. The Kier molecular flexibility index (Phi) is 3.97. The van der Waals surface area contributed by atoms with Crippen LogP contribution in [0.1, 0.15) is 17.7 Å². The van der Waals surface area contributed by atoms with Gasteiger partial charge in [-0.15, -0.1) is 11.3 Å². The van der Waals surface area contributed by atoms with Gasteiger partial charge in [0, 0.05) is 37.8 Å². The second-order valence-electron chi connectivity index (χ2n) is 6.32. The zero-order valence-electron chi connectivity index (χ0n) is 13.6. The molecule has 3 aromatic heterocycles. The summed E-state index contributed by atoms with van der Waals surface area (Å²) in [6.07, 6.45) is 2.58. The van der Waals surface area contributed by atoms with Gasteiger partial charge in [-0.05, 0) is 31.0 Å². The first kappa shape index (κ1) is 15.5. The first-order valence-electron chi connectivity index (χ1n) is 8.14. The minimum absolute atomic E-state index is 0.515. The first-order valence-corrected chi connectivity index (χ1v) is 8.96. The number of hydrogen-bond acceptors (Lipinski definition) is 5. The van der Waals surface area contributed by atoms with E-state index in [0.29, 0.717) is 24.5 Å². The van der Waals surface area contributed by atoms with Crippen LogP contribution in [0.4, 0.5) is 10.2 Å². The molecule has 1 fully saturated rings. The Hall–Kier alpha value is -1.99. The van der Waals surface area contributed by atoms with Gasteiger partial charge in [0.15, 0.2) is 5.82 Å². The second kappa shape index (κ2) is 6.14. The zero-order chi connectivity index (χ0) is 16.7. The summed E-state index contributed by atoms with van der Waals surface area (Å²) in [5, 5.41) is 0.910. The standard InChI is InChI=1S/C17H20FN5S/c1-22-6-2-3-14(22)16-20-15(19)13-9-12(24-17(13)21-16)10-23-7-4-11(18)5-8-23/h2-3,6,9,11H,4-5,7-8,10H2,1H3,(H2,19,20,21). The molecule has 0 amide bonds. The highest BCUT2D eigenvalue weighted by atomic mass is 32.1. The molecule has 0 aromatic carbocycles. The van der Waals surface area contributed by atoms with Crippen molar-refractivity contribution in [3.63, 3.8) is 0 Å². The Morgan fingerprint density at radius 2 is 2.12 bits per heavy atom.